The first-order valence-electron chi connectivity index (χ1n) is 9.59. The molecule has 2 aromatic carbocycles. The minimum absolute atomic E-state index is 0.369. The Labute approximate surface area is 178 Å². The lowest BCUT2D eigenvalue weighted by Gasteiger charge is -2.11. The number of methoxy groups -OCH3 is 3. The van der Waals surface area contributed by atoms with Crippen LogP contribution in [0, 0.1) is 0 Å². The molecule has 0 spiro atoms. The van der Waals surface area contributed by atoms with Crippen molar-refractivity contribution in [3.63, 3.8) is 0 Å². The second kappa shape index (κ2) is 7.71. The summed E-state index contributed by atoms with van der Waals surface area (Å²) in [6.45, 7) is 0. The van der Waals surface area contributed by atoms with Crippen LogP contribution in [-0.2, 0) is 14.1 Å². The molecule has 0 saturated heterocycles. The van der Waals surface area contributed by atoms with Crippen molar-refractivity contribution in [2.24, 2.45) is 14.1 Å². The lowest BCUT2D eigenvalue weighted by molar-refractivity contribution is 0.355. The zero-order valence-corrected chi connectivity index (χ0v) is 18.0. The van der Waals surface area contributed by atoms with E-state index in [9.17, 15) is 9.59 Å². The van der Waals surface area contributed by atoms with Crippen LogP contribution >= 0.6 is 0 Å². The molecule has 2 aromatic heterocycles. The van der Waals surface area contributed by atoms with Crippen LogP contribution < -0.4 is 25.5 Å². The minimum Gasteiger partial charge on any atom is -0.497 e. The molecular formula is C23H23N3O5. The number of hydrogen-bond donors (Lipinski definition) is 1. The van der Waals surface area contributed by atoms with Crippen LogP contribution in [0.25, 0.3) is 33.4 Å². The van der Waals surface area contributed by atoms with Crippen LogP contribution in [0.15, 0.2) is 52.1 Å². The van der Waals surface area contributed by atoms with E-state index in [1.165, 1.54) is 11.6 Å². The number of nitrogens with zero attached hydrogens (tertiary/aromatic N) is 2. The van der Waals surface area contributed by atoms with Crippen molar-refractivity contribution in [1.82, 2.24) is 14.1 Å². The van der Waals surface area contributed by atoms with Crippen molar-refractivity contribution in [2.45, 2.75) is 0 Å². The fraction of sp³-hybridized carbons (Fsp3) is 0.217. The molecule has 0 bridgehead atoms. The molecule has 8 heteroatoms. The first-order chi connectivity index (χ1) is 14.9. The summed E-state index contributed by atoms with van der Waals surface area (Å²) < 4.78 is 18.6. The van der Waals surface area contributed by atoms with Gasteiger partial charge in [-0.15, -0.1) is 0 Å². The molecule has 0 radical (unpaired) electrons. The van der Waals surface area contributed by atoms with Crippen molar-refractivity contribution in [3.05, 3.63) is 63.3 Å². The van der Waals surface area contributed by atoms with Gasteiger partial charge in [0.15, 0.2) is 11.5 Å². The standard InChI is InChI=1S/C23H23N3O5/c1-25-21-19(22(27)26(2)23(25)28)18(13-6-9-15(29-3)10-7-13)20(24-21)14-8-11-16(30-4)17(12-14)31-5/h6-12,24H,1-5H3. The number of aromatic nitrogens is 3. The van der Waals surface area contributed by atoms with Crippen LogP contribution in [0.3, 0.4) is 0 Å². The number of ether oxygens (including phenoxy) is 3. The smallest absolute Gasteiger partial charge is 0.332 e. The van der Waals surface area contributed by atoms with Gasteiger partial charge in [0.05, 0.1) is 32.4 Å². The van der Waals surface area contributed by atoms with Gasteiger partial charge in [0.2, 0.25) is 0 Å². The van der Waals surface area contributed by atoms with Gasteiger partial charge in [-0.1, -0.05) is 12.1 Å². The van der Waals surface area contributed by atoms with E-state index in [-0.39, 0.29) is 5.56 Å². The Morgan fingerprint density at radius 3 is 2.03 bits per heavy atom. The summed E-state index contributed by atoms with van der Waals surface area (Å²) in [5, 5.41) is 0.430. The van der Waals surface area contributed by atoms with Crippen LogP contribution in [0.2, 0.25) is 0 Å². The minimum atomic E-state index is -0.404. The van der Waals surface area contributed by atoms with Crippen LogP contribution in [0.4, 0.5) is 0 Å². The van der Waals surface area contributed by atoms with Gasteiger partial charge in [0.1, 0.15) is 11.4 Å². The van der Waals surface area contributed by atoms with Crippen molar-refractivity contribution >= 4 is 11.0 Å². The van der Waals surface area contributed by atoms with Crippen LogP contribution in [0.1, 0.15) is 0 Å². The van der Waals surface area contributed by atoms with E-state index in [4.69, 9.17) is 14.2 Å². The highest BCUT2D eigenvalue weighted by Crippen LogP contribution is 2.40. The first-order valence-corrected chi connectivity index (χ1v) is 9.59. The largest absolute Gasteiger partial charge is 0.497 e. The second-order valence-electron chi connectivity index (χ2n) is 7.10. The Morgan fingerprint density at radius 1 is 0.774 bits per heavy atom. The summed E-state index contributed by atoms with van der Waals surface area (Å²) in [4.78, 5) is 29.0. The Morgan fingerprint density at radius 2 is 1.42 bits per heavy atom. The fourth-order valence-electron chi connectivity index (χ4n) is 3.78. The number of fused-ring (bicyclic) bond motifs is 1. The third-order valence-corrected chi connectivity index (χ3v) is 5.46. The highest BCUT2D eigenvalue weighted by atomic mass is 16.5. The molecule has 0 fully saturated rings. The molecule has 0 saturated carbocycles. The first kappa shape index (κ1) is 20.3. The van der Waals surface area contributed by atoms with E-state index in [1.54, 1.807) is 34.4 Å². The number of aromatic amines is 1. The van der Waals surface area contributed by atoms with E-state index < -0.39 is 5.69 Å². The van der Waals surface area contributed by atoms with Gasteiger partial charge in [0, 0.05) is 25.2 Å². The van der Waals surface area contributed by atoms with Crippen molar-refractivity contribution in [2.75, 3.05) is 21.3 Å². The zero-order chi connectivity index (χ0) is 22.3. The topological polar surface area (TPSA) is 87.5 Å². The fourth-order valence-corrected chi connectivity index (χ4v) is 3.78. The number of rotatable bonds is 5. The molecule has 0 aliphatic carbocycles. The maximum absolute atomic E-state index is 13.1. The number of hydrogen-bond acceptors (Lipinski definition) is 5. The van der Waals surface area contributed by atoms with Gasteiger partial charge in [-0.05, 0) is 35.9 Å². The Balaban J connectivity index is 2.12. The van der Waals surface area contributed by atoms with Gasteiger partial charge in [-0.2, -0.15) is 0 Å². The molecule has 8 nitrogen and oxygen atoms in total. The third-order valence-electron chi connectivity index (χ3n) is 5.46. The summed E-state index contributed by atoms with van der Waals surface area (Å²) >= 11 is 0. The summed E-state index contributed by atoms with van der Waals surface area (Å²) in [6, 6.07) is 12.9. The summed E-state index contributed by atoms with van der Waals surface area (Å²) in [7, 11) is 7.85. The predicted octanol–water partition coefficient (Wildman–Crippen LogP) is 2.93. The maximum atomic E-state index is 13.1. The quantitative estimate of drug-likeness (QED) is 0.535. The van der Waals surface area contributed by atoms with Gasteiger partial charge >= 0.3 is 5.69 Å². The number of nitrogens with one attached hydrogen (secondary N) is 1. The molecule has 4 rings (SSSR count). The Kier molecular flexibility index (Phi) is 5.06. The van der Waals surface area contributed by atoms with Gasteiger partial charge in [0.25, 0.3) is 5.56 Å². The number of H-pyrrole nitrogens is 1. The highest BCUT2D eigenvalue weighted by molar-refractivity contribution is 6.02. The summed E-state index contributed by atoms with van der Waals surface area (Å²) in [5.74, 6) is 1.86. The molecule has 0 amide bonds. The molecule has 0 atom stereocenters. The van der Waals surface area contributed by atoms with E-state index in [0.29, 0.717) is 39.5 Å². The number of aryl methyl sites for hydroxylation is 1. The average molecular weight is 421 g/mol. The zero-order valence-electron chi connectivity index (χ0n) is 18.0. The molecule has 0 aliphatic rings. The van der Waals surface area contributed by atoms with E-state index in [1.807, 2.05) is 36.4 Å². The van der Waals surface area contributed by atoms with Crippen LogP contribution in [-0.4, -0.2) is 35.4 Å². The van der Waals surface area contributed by atoms with E-state index in [2.05, 4.69) is 4.98 Å². The molecule has 1 N–H and O–H groups in total. The van der Waals surface area contributed by atoms with E-state index >= 15 is 0 Å². The third kappa shape index (κ3) is 3.16. The van der Waals surface area contributed by atoms with Crippen molar-refractivity contribution < 1.29 is 14.2 Å². The highest BCUT2D eigenvalue weighted by Gasteiger charge is 2.22. The monoisotopic (exact) mass is 421 g/mol. The Hall–Kier alpha value is -3.94. The summed E-state index contributed by atoms with van der Waals surface area (Å²) in [6.07, 6.45) is 0. The van der Waals surface area contributed by atoms with Gasteiger partial charge in [-0.3, -0.25) is 13.9 Å². The molecule has 2 heterocycles. The lowest BCUT2D eigenvalue weighted by atomic mass is 9.99. The SMILES string of the molecule is COc1ccc(-c2c(-c3ccc(OC)c(OC)c3)[nH]c3c2c(=O)n(C)c(=O)n3C)cc1. The average Bonchev–Trinajstić information content (AvgIpc) is 3.21. The molecule has 0 unspecified atom stereocenters. The summed E-state index contributed by atoms with van der Waals surface area (Å²) in [5.41, 5.74) is 2.66. The normalized spacial score (nSPS) is 11.0. The molecule has 31 heavy (non-hydrogen) atoms. The Bertz CT molecular complexity index is 1390. The number of benzene rings is 2. The van der Waals surface area contributed by atoms with Crippen LogP contribution in [0.5, 0.6) is 17.2 Å². The van der Waals surface area contributed by atoms with Gasteiger partial charge < -0.3 is 19.2 Å². The second-order valence-corrected chi connectivity index (χ2v) is 7.10. The molecule has 0 aliphatic heterocycles. The predicted molar refractivity (Wildman–Crippen MR) is 119 cm³/mol. The lowest BCUT2D eigenvalue weighted by Crippen LogP contribution is -2.36. The molecular weight excluding hydrogens is 398 g/mol. The maximum Gasteiger partial charge on any atom is 0.332 e. The van der Waals surface area contributed by atoms with E-state index in [0.717, 1.165) is 15.7 Å². The molecule has 4 aromatic rings. The van der Waals surface area contributed by atoms with Crippen molar-refractivity contribution in [3.8, 4) is 39.6 Å². The van der Waals surface area contributed by atoms with Crippen molar-refractivity contribution in [1.29, 1.82) is 0 Å². The molecule has 160 valence electrons. The van der Waals surface area contributed by atoms with Gasteiger partial charge in [-0.25, -0.2) is 4.79 Å².